The Labute approximate surface area is 118 Å². The van der Waals surface area contributed by atoms with Gasteiger partial charge in [0.1, 0.15) is 17.6 Å². The van der Waals surface area contributed by atoms with E-state index in [1.807, 2.05) is 0 Å². The van der Waals surface area contributed by atoms with E-state index in [0.717, 1.165) is 10.0 Å². The van der Waals surface area contributed by atoms with Crippen molar-refractivity contribution in [2.45, 2.75) is 12.5 Å². The summed E-state index contributed by atoms with van der Waals surface area (Å²) in [5, 5.41) is 10.7. The van der Waals surface area contributed by atoms with Crippen LogP contribution in [0.2, 0.25) is 5.02 Å². The molecule has 0 fully saturated rings. The lowest BCUT2D eigenvalue weighted by atomic mass is 10.1. The third-order valence-electron chi connectivity index (χ3n) is 2.60. The summed E-state index contributed by atoms with van der Waals surface area (Å²) in [4.78, 5) is 0. The van der Waals surface area contributed by atoms with E-state index in [1.165, 1.54) is 6.26 Å². The Morgan fingerprint density at radius 2 is 2.22 bits per heavy atom. The minimum Gasteiger partial charge on any atom is -0.496 e. The summed E-state index contributed by atoms with van der Waals surface area (Å²) in [6.07, 6.45) is 1.15. The fourth-order valence-corrected chi connectivity index (χ4v) is 2.41. The van der Waals surface area contributed by atoms with Crippen LogP contribution in [0.5, 0.6) is 5.75 Å². The molecule has 0 radical (unpaired) electrons. The van der Waals surface area contributed by atoms with Crippen LogP contribution in [0.4, 0.5) is 0 Å². The Morgan fingerprint density at radius 3 is 2.83 bits per heavy atom. The first-order valence-corrected chi connectivity index (χ1v) is 6.52. The second kappa shape index (κ2) is 5.78. The highest BCUT2D eigenvalue weighted by molar-refractivity contribution is 9.10. The van der Waals surface area contributed by atoms with Gasteiger partial charge in [0.2, 0.25) is 0 Å². The largest absolute Gasteiger partial charge is 0.496 e. The molecule has 3 nitrogen and oxygen atoms in total. The van der Waals surface area contributed by atoms with Crippen LogP contribution < -0.4 is 4.74 Å². The lowest BCUT2D eigenvalue weighted by molar-refractivity contribution is 0.148. The fraction of sp³-hybridized carbons (Fsp3) is 0.231. The molecule has 1 aromatic carbocycles. The van der Waals surface area contributed by atoms with E-state index in [4.69, 9.17) is 20.8 Å². The summed E-state index contributed by atoms with van der Waals surface area (Å²) in [6.45, 7) is 0. The van der Waals surface area contributed by atoms with Gasteiger partial charge in [0.15, 0.2) is 0 Å². The second-order valence-electron chi connectivity index (χ2n) is 3.81. The molecule has 1 aromatic heterocycles. The molecular formula is C13H12BrClO3. The minimum absolute atomic E-state index is 0.371. The third-order valence-corrected chi connectivity index (χ3v) is 3.49. The number of furan rings is 1. The van der Waals surface area contributed by atoms with E-state index in [-0.39, 0.29) is 0 Å². The molecule has 0 saturated carbocycles. The molecule has 5 heteroatoms. The van der Waals surface area contributed by atoms with Gasteiger partial charge in [-0.2, -0.15) is 0 Å². The molecule has 0 bridgehead atoms. The summed E-state index contributed by atoms with van der Waals surface area (Å²) < 4.78 is 11.2. The first-order chi connectivity index (χ1) is 8.61. The van der Waals surface area contributed by atoms with Crippen LogP contribution in [0.3, 0.4) is 0 Å². The number of methoxy groups -OCH3 is 1. The average Bonchev–Trinajstić information content (AvgIpc) is 2.76. The standard InChI is InChI=1S/C13H12BrClO3/c1-17-12-3-2-9(15)6-8(12)7-11(16)13-10(14)4-5-18-13/h2-6,11,16H,7H2,1H3. The molecule has 0 spiro atoms. The van der Waals surface area contributed by atoms with Gasteiger partial charge in [-0.25, -0.2) is 0 Å². The summed E-state index contributed by atoms with van der Waals surface area (Å²) in [5.74, 6) is 1.19. The molecule has 0 aliphatic rings. The lowest BCUT2D eigenvalue weighted by Crippen LogP contribution is -2.03. The Hall–Kier alpha value is -0.970. The number of hydrogen-bond donors (Lipinski definition) is 1. The zero-order valence-corrected chi connectivity index (χ0v) is 12.0. The van der Waals surface area contributed by atoms with E-state index >= 15 is 0 Å². The number of aliphatic hydroxyl groups excluding tert-OH is 1. The van der Waals surface area contributed by atoms with Crippen molar-refractivity contribution in [2.24, 2.45) is 0 Å². The number of aliphatic hydroxyl groups is 1. The zero-order chi connectivity index (χ0) is 13.1. The predicted molar refractivity (Wildman–Crippen MR) is 73.1 cm³/mol. The second-order valence-corrected chi connectivity index (χ2v) is 5.10. The summed E-state index contributed by atoms with van der Waals surface area (Å²) >= 11 is 9.26. The zero-order valence-electron chi connectivity index (χ0n) is 9.69. The fourth-order valence-electron chi connectivity index (χ4n) is 1.75. The van der Waals surface area contributed by atoms with Crippen molar-refractivity contribution in [1.29, 1.82) is 0 Å². The predicted octanol–water partition coefficient (Wildman–Crippen LogP) is 3.98. The summed E-state index contributed by atoms with van der Waals surface area (Å²) in [7, 11) is 1.59. The quantitative estimate of drug-likeness (QED) is 0.921. The lowest BCUT2D eigenvalue weighted by Gasteiger charge is -2.12. The highest BCUT2D eigenvalue weighted by Crippen LogP contribution is 2.31. The molecule has 1 N–H and O–H groups in total. The Bertz CT molecular complexity index is 539. The van der Waals surface area contributed by atoms with E-state index in [1.54, 1.807) is 31.4 Å². The molecular weight excluding hydrogens is 319 g/mol. The molecule has 96 valence electrons. The average molecular weight is 332 g/mol. The molecule has 1 atom stereocenters. The van der Waals surface area contributed by atoms with E-state index in [0.29, 0.717) is 23.0 Å². The van der Waals surface area contributed by atoms with Crippen LogP contribution in [0.1, 0.15) is 17.4 Å². The Balaban J connectivity index is 2.23. The van der Waals surface area contributed by atoms with Crippen molar-refractivity contribution in [1.82, 2.24) is 0 Å². The van der Waals surface area contributed by atoms with Gasteiger partial charge in [0.25, 0.3) is 0 Å². The van der Waals surface area contributed by atoms with Crippen LogP contribution in [0.15, 0.2) is 39.4 Å². The highest BCUT2D eigenvalue weighted by Gasteiger charge is 2.17. The van der Waals surface area contributed by atoms with Crippen molar-refractivity contribution in [3.8, 4) is 5.75 Å². The molecule has 0 saturated heterocycles. The van der Waals surface area contributed by atoms with Crippen LogP contribution in [-0.2, 0) is 6.42 Å². The van der Waals surface area contributed by atoms with Gasteiger partial charge in [0.05, 0.1) is 17.8 Å². The topological polar surface area (TPSA) is 42.6 Å². The maximum atomic E-state index is 10.1. The molecule has 0 amide bonds. The minimum atomic E-state index is -0.748. The van der Waals surface area contributed by atoms with Crippen LogP contribution >= 0.6 is 27.5 Å². The first-order valence-electron chi connectivity index (χ1n) is 5.35. The van der Waals surface area contributed by atoms with Crippen molar-refractivity contribution in [3.63, 3.8) is 0 Å². The van der Waals surface area contributed by atoms with Crippen LogP contribution in [0, 0.1) is 0 Å². The SMILES string of the molecule is COc1ccc(Cl)cc1CC(O)c1occc1Br. The highest BCUT2D eigenvalue weighted by atomic mass is 79.9. The molecule has 2 rings (SSSR count). The van der Waals surface area contributed by atoms with Crippen molar-refractivity contribution < 1.29 is 14.3 Å². The first kappa shape index (κ1) is 13.5. The molecule has 1 heterocycles. The number of rotatable bonds is 4. The van der Waals surface area contributed by atoms with Gasteiger partial charge in [-0.15, -0.1) is 0 Å². The monoisotopic (exact) mass is 330 g/mol. The Morgan fingerprint density at radius 1 is 1.44 bits per heavy atom. The Kier molecular flexibility index (Phi) is 4.32. The molecule has 0 aliphatic heterocycles. The molecule has 18 heavy (non-hydrogen) atoms. The van der Waals surface area contributed by atoms with Gasteiger partial charge < -0.3 is 14.3 Å². The number of halogens is 2. The van der Waals surface area contributed by atoms with Gasteiger partial charge in [-0.3, -0.25) is 0 Å². The number of ether oxygens (including phenoxy) is 1. The maximum Gasteiger partial charge on any atom is 0.146 e. The van der Waals surface area contributed by atoms with Crippen molar-refractivity contribution >= 4 is 27.5 Å². The molecule has 1 unspecified atom stereocenters. The van der Waals surface area contributed by atoms with Crippen molar-refractivity contribution in [3.05, 3.63) is 51.3 Å². The summed E-state index contributed by atoms with van der Waals surface area (Å²) in [5.41, 5.74) is 0.834. The van der Waals surface area contributed by atoms with Gasteiger partial charge in [-0.1, -0.05) is 11.6 Å². The smallest absolute Gasteiger partial charge is 0.146 e. The molecule has 2 aromatic rings. The van der Waals surface area contributed by atoms with Crippen LogP contribution in [-0.4, -0.2) is 12.2 Å². The van der Waals surface area contributed by atoms with Crippen LogP contribution in [0.25, 0.3) is 0 Å². The maximum absolute atomic E-state index is 10.1. The third kappa shape index (κ3) is 2.88. The molecule has 0 aliphatic carbocycles. The normalized spacial score (nSPS) is 12.4. The van der Waals surface area contributed by atoms with Gasteiger partial charge in [0, 0.05) is 11.4 Å². The van der Waals surface area contributed by atoms with Crippen molar-refractivity contribution in [2.75, 3.05) is 7.11 Å². The summed E-state index contributed by atoms with van der Waals surface area (Å²) in [6, 6.07) is 7.05. The van der Waals surface area contributed by atoms with E-state index < -0.39 is 6.10 Å². The number of benzene rings is 1. The van der Waals surface area contributed by atoms with E-state index in [9.17, 15) is 5.11 Å². The van der Waals surface area contributed by atoms with Gasteiger partial charge in [-0.05, 0) is 45.8 Å². The number of hydrogen-bond acceptors (Lipinski definition) is 3. The van der Waals surface area contributed by atoms with Gasteiger partial charge >= 0.3 is 0 Å². The van der Waals surface area contributed by atoms with E-state index in [2.05, 4.69) is 15.9 Å².